The van der Waals surface area contributed by atoms with E-state index in [1.165, 1.54) is 26.3 Å². The van der Waals surface area contributed by atoms with Crippen LogP contribution in [0.25, 0.3) is 0 Å². The molecule has 0 radical (unpaired) electrons. The molecule has 0 aliphatic carbocycles. The number of hydrogen-bond donors (Lipinski definition) is 0. The highest BCUT2D eigenvalue weighted by Crippen LogP contribution is 2.34. The Morgan fingerprint density at radius 2 is 1.81 bits per heavy atom. The zero-order valence-electron chi connectivity index (χ0n) is 14.7. The van der Waals surface area contributed by atoms with Crippen LogP contribution < -0.4 is 13.8 Å². The van der Waals surface area contributed by atoms with E-state index in [2.05, 4.69) is 0 Å². The molecule has 8 heteroatoms. The van der Waals surface area contributed by atoms with Crippen LogP contribution in [0.2, 0.25) is 0 Å². The number of fused-ring (bicyclic) bond motifs is 1. The van der Waals surface area contributed by atoms with Gasteiger partial charge in [0.05, 0.1) is 23.3 Å². The van der Waals surface area contributed by atoms with Gasteiger partial charge in [-0.05, 0) is 36.8 Å². The van der Waals surface area contributed by atoms with Gasteiger partial charge in [0, 0.05) is 13.1 Å². The SMILES string of the molecule is COC(=O)c1cccc(N(C)S(=O)(=O)c2ccc3c(c2)OCCO3)c1C. The lowest BCUT2D eigenvalue weighted by molar-refractivity contribution is 0.0600. The lowest BCUT2D eigenvalue weighted by Crippen LogP contribution is -2.28. The van der Waals surface area contributed by atoms with Crippen molar-refractivity contribution in [1.29, 1.82) is 0 Å². The predicted octanol–water partition coefficient (Wildman–Crippen LogP) is 2.38. The lowest BCUT2D eigenvalue weighted by Gasteiger charge is -2.24. The lowest BCUT2D eigenvalue weighted by atomic mass is 10.1. The van der Waals surface area contributed by atoms with Crippen molar-refractivity contribution in [3.8, 4) is 11.5 Å². The van der Waals surface area contributed by atoms with Gasteiger partial charge in [-0.1, -0.05) is 6.07 Å². The summed E-state index contributed by atoms with van der Waals surface area (Å²) < 4.78 is 42.8. The smallest absolute Gasteiger partial charge is 0.338 e. The number of carbonyl (C=O) groups is 1. The average Bonchev–Trinajstić information content (AvgIpc) is 2.66. The maximum atomic E-state index is 13.0. The van der Waals surface area contributed by atoms with E-state index in [0.717, 1.165) is 4.31 Å². The topological polar surface area (TPSA) is 82.1 Å². The number of nitrogens with zero attached hydrogens (tertiary/aromatic N) is 1. The molecule has 0 unspecified atom stereocenters. The maximum Gasteiger partial charge on any atom is 0.338 e. The molecule has 0 saturated carbocycles. The highest BCUT2D eigenvalue weighted by atomic mass is 32.2. The summed E-state index contributed by atoms with van der Waals surface area (Å²) >= 11 is 0. The maximum absolute atomic E-state index is 13.0. The normalized spacial score (nSPS) is 13.2. The van der Waals surface area contributed by atoms with Crippen molar-refractivity contribution in [2.75, 3.05) is 31.7 Å². The van der Waals surface area contributed by atoms with E-state index in [0.29, 0.717) is 41.5 Å². The van der Waals surface area contributed by atoms with Gasteiger partial charge < -0.3 is 14.2 Å². The van der Waals surface area contributed by atoms with E-state index in [1.54, 1.807) is 31.2 Å². The van der Waals surface area contributed by atoms with E-state index in [-0.39, 0.29) is 4.90 Å². The first-order chi connectivity index (χ1) is 12.4. The standard InChI is InChI=1S/C18H19NO6S/c1-12-14(18(20)23-3)5-4-6-15(12)19(2)26(21,22)13-7-8-16-17(11-13)25-10-9-24-16/h4-8,11H,9-10H2,1-3H3. The van der Waals surface area contributed by atoms with Gasteiger partial charge in [-0.2, -0.15) is 0 Å². The molecule has 138 valence electrons. The molecule has 7 nitrogen and oxygen atoms in total. The highest BCUT2D eigenvalue weighted by Gasteiger charge is 2.26. The molecule has 0 fully saturated rings. The third-order valence-corrected chi connectivity index (χ3v) is 5.99. The fourth-order valence-corrected chi connectivity index (χ4v) is 4.04. The minimum Gasteiger partial charge on any atom is -0.486 e. The molecule has 2 aromatic carbocycles. The second kappa shape index (κ2) is 6.87. The first-order valence-electron chi connectivity index (χ1n) is 7.92. The van der Waals surface area contributed by atoms with Crippen molar-refractivity contribution >= 4 is 21.7 Å². The van der Waals surface area contributed by atoms with Crippen molar-refractivity contribution in [1.82, 2.24) is 0 Å². The van der Waals surface area contributed by atoms with Gasteiger partial charge in [0.1, 0.15) is 13.2 Å². The molecule has 0 aromatic heterocycles. The van der Waals surface area contributed by atoms with Crippen molar-refractivity contribution < 1.29 is 27.4 Å². The summed E-state index contributed by atoms with van der Waals surface area (Å²) in [5.74, 6) is 0.391. The number of methoxy groups -OCH3 is 1. The molecule has 1 aliphatic rings. The fourth-order valence-electron chi connectivity index (χ4n) is 2.77. The van der Waals surface area contributed by atoms with Crippen molar-refractivity contribution in [2.24, 2.45) is 0 Å². The highest BCUT2D eigenvalue weighted by molar-refractivity contribution is 7.92. The van der Waals surface area contributed by atoms with Crippen molar-refractivity contribution in [2.45, 2.75) is 11.8 Å². The summed E-state index contributed by atoms with van der Waals surface area (Å²) in [4.78, 5) is 11.9. The van der Waals surface area contributed by atoms with E-state index >= 15 is 0 Å². The van der Waals surface area contributed by atoms with E-state index < -0.39 is 16.0 Å². The van der Waals surface area contributed by atoms with Crippen LogP contribution in [0.4, 0.5) is 5.69 Å². The van der Waals surface area contributed by atoms with E-state index in [1.807, 2.05) is 0 Å². The monoisotopic (exact) mass is 377 g/mol. The zero-order chi connectivity index (χ0) is 18.9. The van der Waals surface area contributed by atoms with Gasteiger partial charge in [-0.25, -0.2) is 13.2 Å². The van der Waals surface area contributed by atoms with Crippen LogP contribution in [-0.4, -0.2) is 41.8 Å². The number of carbonyl (C=O) groups excluding carboxylic acids is 1. The summed E-state index contributed by atoms with van der Waals surface area (Å²) in [6.45, 7) is 2.47. The Kier molecular flexibility index (Phi) is 4.78. The quantitative estimate of drug-likeness (QED) is 0.761. The summed E-state index contributed by atoms with van der Waals surface area (Å²) in [5.41, 5.74) is 1.22. The van der Waals surface area contributed by atoms with Crippen LogP contribution >= 0.6 is 0 Å². The van der Waals surface area contributed by atoms with Crippen LogP contribution in [0.3, 0.4) is 0 Å². The number of anilines is 1. The number of sulfonamides is 1. The van der Waals surface area contributed by atoms with Crippen LogP contribution in [0.15, 0.2) is 41.3 Å². The Morgan fingerprint density at radius 1 is 1.12 bits per heavy atom. The third kappa shape index (κ3) is 3.08. The van der Waals surface area contributed by atoms with Gasteiger partial charge in [-0.15, -0.1) is 0 Å². The molecule has 0 bridgehead atoms. The molecule has 0 N–H and O–H groups in total. The molecule has 3 rings (SSSR count). The number of hydrogen-bond acceptors (Lipinski definition) is 6. The number of rotatable bonds is 4. The molecule has 0 amide bonds. The first kappa shape index (κ1) is 18.1. The average molecular weight is 377 g/mol. The van der Waals surface area contributed by atoms with Gasteiger partial charge in [0.2, 0.25) is 0 Å². The van der Waals surface area contributed by atoms with Crippen molar-refractivity contribution in [3.05, 3.63) is 47.5 Å². The van der Waals surface area contributed by atoms with Gasteiger partial charge in [0.15, 0.2) is 11.5 Å². The molecule has 1 aliphatic heterocycles. The molecule has 0 spiro atoms. The van der Waals surface area contributed by atoms with Crippen LogP contribution in [-0.2, 0) is 14.8 Å². The Bertz CT molecular complexity index is 954. The molecular weight excluding hydrogens is 358 g/mol. The number of esters is 1. The molecule has 2 aromatic rings. The van der Waals surface area contributed by atoms with Crippen molar-refractivity contribution in [3.63, 3.8) is 0 Å². The van der Waals surface area contributed by atoms with Gasteiger partial charge >= 0.3 is 5.97 Å². The summed E-state index contributed by atoms with van der Waals surface area (Å²) in [6, 6.07) is 9.34. The molecule has 1 heterocycles. The van der Waals surface area contributed by atoms with E-state index in [4.69, 9.17) is 14.2 Å². The second-order valence-corrected chi connectivity index (χ2v) is 7.69. The van der Waals surface area contributed by atoms with Gasteiger partial charge in [-0.3, -0.25) is 4.31 Å². The Labute approximate surface area is 152 Å². The summed E-state index contributed by atoms with van der Waals surface area (Å²) in [5, 5.41) is 0. The van der Waals surface area contributed by atoms with Crippen LogP contribution in [0, 0.1) is 6.92 Å². The molecule has 0 saturated heterocycles. The third-order valence-electron chi connectivity index (χ3n) is 4.22. The minimum atomic E-state index is -3.85. The minimum absolute atomic E-state index is 0.0760. The number of benzene rings is 2. The first-order valence-corrected chi connectivity index (χ1v) is 9.37. The van der Waals surface area contributed by atoms with Crippen LogP contribution in [0.1, 0.15) is 15.9 Å². The molecular formula is C18H19NO6S. The Balaban J connectivity index is 2.01. The summed E-state index contributed by atoms with van der Waals surface area (Å²) in [7, 11) is -1.13. The second-order valence-electron chi connectivity index (χ2n) is 5.72. The number of ether oxygens (including phenoxy) is 3. The Hall–Kier alpha value is -2.74. The fraction of sp³-hybridized carbons (Fsp3) is 0.278. The largest absolute Gasteiger partial charge is 0.486 e. The van der Waals surface area contributed by atoms with Gasteiger partial charge in [0.25, 0.3) is 10.0 Å². The zero-order valence-corrected chi connectivity index (χ0v) is 15.5. The molecule has 0 atom stereocenters. The predicted molar refractivity (Wildman–Crippen MR) is 95.5 cm³/mol. The molecule has 26 heavy (non-hydrogen) atoms. The Morgan fingerprint density at radius 3 is 2.50 bits per heavy atom. The van der Waals surface area contributed by atoms with E-state index in [9.17, 15) is 13.2 Å². The van der Waals surface area contributed by atoms with Crippen LogP contribution in [0.5, 0.6) is 11.5 Å². The summed E-state index contributed by atoms with van der Waals surface area (Å²) in [6.07, 6.45) is 0.